The summed E-state index contributed by atoms with van der Waals surface area (Å²) in [6.45, 7) is 3.52. The number of fused-ring (bicyclic) bond motifs is 1. The first kappa shape index (κ1) is 13.5. The number of piperidine rings is 1. The molecule has 0 atom stereocenters. The van der Waals surface area contributed by atoms with Crippen molar-refractivity contribution in [3.8, 4) is 0 Å². The predicted octanol–water partition coefficient (Wildman–Crippen LogP) is 1.53. The van der Waals surface area contributed by atoms with Crippen LogP contribution in [0.2, 0.25) is 0 Å². The van der Waals surface area contributed by atoms with Crippen molar-refractivity contribution in [2.24, 2.45) is 0 Å². The second-order valence-electron chi connectivity index (χ2n) is 5.48. The van der Waals surface area contributed by atoms with Crippen LogP contribution >= 0.6 is 11.3 Å². The minimum absolute atomic E-state index is 0.547. The van der Waals surface area contributed by atoms with E-state index in [4.69, 9.17) is 0 Å². The molecule has 0 spiro atoms. The molecule has 1 fully saturated rings. The quantitative estimate of drug-likeness (QED) is 0.832. The maximum absolute atomic E-state index is 11.5. The van der Waals surface area contributed by atoms with E-state index in [0.717, 1.165) is 32.4 Å². The molecule has 19 heavy (non-hydrogen) atoms. The molecule has 0 unspecified atom stereocenters. The first-order chi connectivity index (χ1) is 9.04. The van der Waals surface area contributed by atoms with Crippen LogP contribution in [0.5, 0.6) is 0 Å². The standard InChI is InChI=1S/C13H20N2O2S2/c1-19(16,17)15-7-2-12(3-8-15)14-6-4-13-11(10-14)5-9-18-13/h5,9,12H,2-4,6-8,10H2,1H3. The molecule has 0 aliphatic carbocycles. The zero-order chi connectivity index (χ0) is 13.5. The van der Waals surface area contributed by atoms with E-state index in [1.54, 1.807) is 4.31 Å². The van der Waals surface area contributed by atoms with Crippen LogP contribution in [0.1, 0.15) is 23.3 Å². The lowest BCUT2D eigenvalue weighted by molar-refractivity contribution is 0.127. The molecule has 2 aliphatic rings. The number of sulfonamides is 1. The minimum Gasteiger partial charge on any atom is -0.296 e. The van der Waals surface area contributed by atoms with E-state index < -0.39 is 10.0 Å². The first-order valence-electron chi connectivity index (χ1n) is 6.78. The maximum Gasteiger partial charge on any atom is 0.211 e. The van der Waals surface area contributed by atoms with E-state index in [0.29, 0.717) is 19.1 Å². The Morgan fingerprint density at radius 3 is 2.68 bits per heavy atom. The van der Waals surface area contributed by atoms with Gasteiger partial charge in [-0.1, -0.05) is 0 Å². The van der Waals surface area contributed by atoms with Gasteiger partial charge in [-0.05, 0) is 36.3 Å². The molecule has 1 aromatic rings. The van der Waals surface area contributed by atoms with Crippen LogP contribution in [0.15, 0.2) is 11.4 Å². The Morgan fingerprint density at radius 1 is 1.26 bits per heavy atom. The van der Waals surface area contributed by atoms with E-state index in [1.165, 1.54) is 16.7 Å². The fourth-order valence-corrected chi connectivity index (χ4v) is 4.88. The third-order valence-corrected chi connectivity index (χ3v) is 6.57. The Hall–Kier alpha value is -0.430. The topological polar surface area (TPSA) is 40.6 Å². The summed E-state index contributed by atoms with van der Waals surface area (Å²) in [4.78, 5) is 4.07. The average Bonchev–Trinajstić information content (AvgIpc) is 2.85. The highest BCUT2D eigenvalue weighted by Gasteiger charge is 2.30. The van der Waals surface area contributed by atoms with E-state index in [9.17, 15) is 8.42 Å². The van der Waals surface area contributed by atoms with Gasteiger partial charge in [0.15, 0.2) is 0 Å². The van der Waals surface area contributed by atoms with Crippen molar-refractivity contribution in [2.75, 3.05) is 25.9 Å². The van der Waals surface area contributed by atoms with Crippen molar-refractivity contribution in [3.63, 3.8) is 0 Å². The summed E-state index contributed by atoms with van der Waals surface area (Å²) in [5, 5.41) is 2.18. The number of hydrogen-bond donors (Lipinski definition) is 0. The first-order valence-corrected chi connectivity index (χ1v) is 9.51. The summed E-state index contributed by atoms with van der Waals surface area (Å²) >= 11 is 1.86. The van der Waals surface area contributed by atoms with Gasteiger partial charge in [0.2, 0.25) is 10.0 Å². The predicted molar refractivity (Wildman–Crippen MR) is 77.9 cm³/mol. The maximum atomic E-state index is 11.5. The molecule has 1 aromatic heterocycles. The smallest absolute Gasteiger partial charge is 0.211 e. The molecule has 0 N–H and O–H groups in total. The molecule has 106 valence electrons. The third kappa shape index (κ3) is 2.86. The normalized spacial score (nSPS) is 23.4. The lowest BCUT2D eigenvalue weighted by atomic mass is 10.0. The van der Waals surface area contributed by atoms with Crippen molar-refractivity contribution in [1.82, 2.24) is 9.21 Å². The monoisotopic (exact) mass is 300 g/mol. The molecule has 0 aromatic carbocycles. The lowest BCUT2D eigenvalue weighted by Gasteiger charge is -2.39. The van der Waals surface area contributed by atoms with E-state index in [1.807, 2.05) is 11.3 Å². The Labute approximate surface area is 119 Å². The van der Waals surface area contributed by atoms with Gasteiger partial charge in [0.25, 0.3) is 0 Å². The van der Waals surface area contributed by atoms with Gasteiger partial charge in [0.1, 0.15) is 0 Å². The molecule has 3 heterocycles. The fraction of sp³-hybridized carbons (Fsp3) is 0.692. The highest BCUT2D eigenvalue weighted by atomic mass is 32.2. The molecular formula is C13H20N2O2S2. The molecule has 0 radical (unpaired) electrons. The summed E-state index contributed by atoms with van der Waals surface area (Å²) in [7, 11) is -3.00. The molecule has 0 amide bonds. The number of thiophene rings is 1. The zero-order valence-electron chi connectivity index (χ0n) is 11.2. The Kier molecular flexibility index (Phi) is 3.68. The molecule has 4 nitrogen and oxygen atoms in total. The second kappa shape index (κ2) is 5.16. The van der Waals surface area contributed by atoms with Crippen molar-refractivity contribution in [3.05, 3.63) is 21.9 Å². The molecular weight excluding hydrogens is 280 g/mol. The minimum atomic E-state index is -3.00. The van der Waals surface area contributed by atoms with Crippen LogP contribution in [0.3, 0.4) is 0 Å². The average molecular weight is 300 g/mol. The largest absolute Gasteiger partial charge is 0.296 e. The molecule has 1 saturated heterocycles. The molecule has 0 bridgehead atoms. The Morgan fingerprint density at radius 2 is 2.00 bits per heavy atom. The highest BCUT2D eigenvalue weighted by molar-refractivity contribution is 7.88. The fourth-order valence-electron chi connectivity index (χ4n) is 3.12. The Bertz CT molecular complexity index is 545. The second-order valence-corrected chi connectivity index (χ2v) is 8.47. The number of hydrogen-bond acceptors (Lipinski definition) is 4. The van der Waals surface area contributed by atoms with Gasteiger partial charge in [-0.3, -0.25) is 4.90 Å². The Balaban J connectivity index is 1.61. The van der Waals surface area contributed by atoms with Crippen molar-refractivity contribution >= 4 is 21.4 Å². The van der Waals surface area contributed by atoms with Crippen LogP contribution < -0.4 is 0 Å². The zero-order valence-corrected chi connectivity index (χ0v) is 12.8. The van der Waals surface area contributed by atoms with Gasteiger partial charge < -0.3 is 0 Å². The van der Waals surface area contributed by atoms with Crippen LogP contribution in [0.25, 0.3) is 0 Å². The molecule has 0 saturated carbocycles. The van der Waals surface area contributed by atoms with Gasteiger partial charge in [-0.2, -0.15) is 0 Å². The van der Waals surface area contributed by atoms with Gasteiger partial charge in [-0.25, -0.2) is 12.7 Å². The third-order valence-electron chi connectivity index (χ3n) is 4.25. The van der Waals surface area contributed by atoms with Crippen LogP contribution in [0.4, 0.5) is 0 Å². The van der Waals surface area contributed by atoms with Gasteiger partial charge in [-0.15, -0.1) is 11.3 Å². The number of rotatable bonds is 2. The lowest BCUT2D eigenvalue weighted by Crippen LogP contribution is -2.47. The van der Waals surface area contributed by atoms with Gasteiger partial charge in [0.05, 0.1) is 6.26 Å². The van der Waals surface area contributed by atoms with E-state index >= 15 is 0 Å². The molecule has 3 rings (SSSR count). The number of nitrogens with zero attached hydrogens (tertiary/aromatic N) is 2. The van der Waals surface area contributed by atoms with E-state index in [2.05, 4.69) is 16.3 Å². The van der Waals surface area contributed by atoms with Crippen LogP contribution in [0, 0.1) is 0 Å². The van der Waals surface area contributed by atoms with Gasteiger partial charge in [0, 0.05) is 37.1 Å². The van der Waals surface area contributed by atoms with Crippen molar-refractivity contribution < 1.29 is 8.42 Å². The van der Waals surface area contributed by atoms with Crippen molar-refractivity contribution in [2.45, 2.75) is 31.8 Å². The van der Waals surface area contributed by atoms with Crippen LogP contribution in [-0.4, -0.2) is 49.6 Å². The highest BCUT2D eigenvalue weighted by Crippen LogP contribution is 2.28. The summed E-state index contributed by atoms with van der Waals surface area (Å²) in [5.41, 5.74) is 1.47. The molecule has 2 aliphatic heterocycles. The SMILES string of the molecule is CS(=O)(=O)N1CCC(N2CCc3sccc3C2)CC1. The summed E-state index contributed by atoms with van der Waals surface area (Å²) in [6.07, 6.45) is 4.39. The van der Waals surface area contributed by atoms with Crippen LogP contribution in [-0.2, 0) is 23.0 Å². The summed E-state index contributed by atoms with van der Waals surface area (Å²) in [6, 6.07) is 2.78. The molecule has 6 heteroatoms. The summed E-state index contributed by atoms with van der Waals surface area (Å²) < 4.78 is 24.6. The van der Waals surface area contributed by atoms with Crippen molar-refractivity contribution in [1.29, 1.82) is 0 Å². The van der Waals surface area contributed by atoms with E-state index in [-0.39, 0.29) is 0 Å². The summed E-state index contributed by atoms with van der Waals surface area (Å²) in [5.74, 6) is 0. The van der Waals surface area contributed by atoms with Gasteiger partial charge >= 0.3 is 0 Å².